The van der Waals surface area contributed by atoms with Gasteiger partial charge in [0, 0.05) is 6.61 Å². The van der Waals surface area contributed by atoms with Gasteiger partial charge in [-0.3, -0.25) is 0 Å². The van der Waals surface area contributed by atoms with Gasteiger partial charge in [0.25, 0.3) is 0 Å². The fraction of sp³-hybridized carbons (Fsp3) is 0.458. The lowest BCUT2D eigenvalue weighted by atomic mass is 9.92. The van der Waals surface area contributed by atoms with Crippen molar-refractivity contribution in [3.8, 4) is 5.75 Å². The first-order valence-corrected chi connectivity index (χ1v) is 10.6. The second kappa shape index (κ2) is 12.1. The van der Waals surface area contributed by atoms with Gasteiger partial charge < -0.3 is 19.5 Å². The summed E-state index contributed by atoms with van der Waals surface area (Å²) >= 11 is 0. The van der Waals surface area contributed by atoms with Crippen molar-refractivity contribution in [2.45, 2.75) is 57.3 Å². The van der Waals surface area contributed by atoms with Crippen LogP contribution in [-0.2, 0) is 16.1 Å². The van der Waals surface area contributed by atoms with Crippen LogP contribution in [0, 0.1) is 0 Å². The van der Waals surface area contributed by atoms with E-state index in [1.54, 1.807) is 0 Å². The maximum absolute atomic E-state index is 12.2. The lowest BCUT2D eigenvalue weighted by Gasteiger charge is -2.31. The first-order valence-electron chi connectivity index (χ1n) is 10.6. The Balaban J connectivity index is 1.31. The number of ether oxygens (including phenoxy) is 3. The monoisotopic (exact) mass is 397 g/mol. The molecule has 0 radical (unpaired) electrons. The summed E-state index contributed by atoms with van der Waals surface area (Å²) in [5.74, 6) is 0.902. The van der Waals surface area contributed by atoms with E-state index in [1.807, 2.05) is 60.7 Å². The highest BCUT2D eigenvalue weighted by Gasteiger charge is 2.27. The Morgan fingerprint density at radius 3 is 2.38 bits per heavy atom. The van der Waals surface area contributed by atoms with Crippen LogP contribution in [0.2, 0.25) is 0 Å². The average Bonchev–Trinajstić information content (AvgIpc) is 2.77. The zero-order valence-electron chi connectivity index (χ0n) is 16.9. The number of alkyl carbamates (subject to hydrolysis) is 1. The number of para-hydroxylation sites is 1. The molecule has 1 N–H and O–H groups in total. The Morgan fingerprint density at radius 1 is 0.897 bits per heavy atom. The van der Waals surface area contributed by atoms with Gasteiger partial charge in [-0.2, -0.15) is 0 Å². The lowest BCUT2D eigenvalue weighted by molar-refractivity contribution is 0.00177. The van der Waals surface area contributed by atoms with Crippen LogP contribution in [0.5, 0.6) is 5.75 Å². The van der Waals surface area contributed by atoms with Crippen molar-refractivity contribution in [3.05, 3.63) is 66.2 Å². The van der Waals surface area contributed by atoms with Crippen molar-refractivity contribution in [3.63, 3.8) is 0 Å². The van der Waals surface area contributed by atoms with Gasteiger partial charge in [-0.1, -0.05) is 61.4 Å². The van der Waals surface area contributed by atoms with Crippen molar-refractivity contribution >= 4 is 6.09 Å². The Kier molecular flexibility index (Phi) is 8.86. The van der Waals surface area contributed by atoms with Crippen molar-refractivity contribution in [2.75, 3.05) is 13.2 Å². The highest BCUT2D eigenvalue weighted by Crippen LogP contribution is 2.22. The average molecular weight is 398 g/mol. The highest BCUT2D eigenvalue weighted by molar-refractivity contribution is 5.67. The van der Waals surface area contributed by atoms with Crippen LogP contribution < -0.4 is 10.1 Å². The number of unbranched alkanes of at least 4 members (excludes halogenated alkanes) is 1. The topological polar surface area (TPSA) is 56.8 Å². The predicted molar refractivity (Wildman–Crippen MR) is 113 cm³/mol. The van der Waals surface area contributed by atoms with Crippen molar-refractivity contribution in [2.24, 2.45) is 0 Å². The van der Waals surface area contributed by atoms with Gasteiger partial charge in [0.05, 0.1) is 18.8 Å². The first-order chi connectivity index (χ1) is 14.3. The van der Waals surface area contributed by atoms with Crippen molar-refractivity contribution in [1.29, 1.82) is 0 Å². The molecule has 0 saturated heterocycles. The highest BCUT2D eigenvalue weighted by atomic mass is 16.5. The molecule has 0 aliphatic heterocycles. The van der Waals surface area contributed by atoms with E-state index in [4.69, 9.17) is 14.2 Å². The molecular weight excluding hydrogens is 366 g/mol. The van der Waals surface area contributed by atoms with Gasteiger partial charge in [-0.25, -0.2) is 4.79 Å². The molecule has 1 amide bonds. The summed E-state index contributed by atoms with van der Waals surface area (Å²) in [7, 11) is 0. The van der Waals surface area contributed by atoms with E-state index in [1.165, 1.54) is 0 Å². The molecule has 5 nitrogen and oxygen atoms in total. The molecule has 29 heavy (non-hydrogen) atoms. The van der Waals surface area contributed by atoms with E-state index in [2.05, 4.69) is 5.32 Å². The largest absolute Gasteiger partial charge is 0.494 e. The van der Waals surface area contributed by atoms with Gasteiger partial charge in [0.2, 0.25) is 0 Å². The number of rotatable bonds is 10. The van der Waals surface area contributed by atoms with Crippen molar-refractivity contribution < 1.29 is 19.0 Å². The van der Waals surface area contributed by atoms with Gasteiger partial charge in [-0.15, -0.1) is 0 Å². The molecule has 2 aromatic rings. The zero-order valence-corrected chi connectivity index (χ0v) is 16.9. The second-order valence-corrected chi connectivity index (χ2v) is 7.37. The molecule has 1 aliphatic carbocycles. The lowest BCUT2D eigenvalue weighted by Crippen LogP contribution is -2.46. The van der Waals surface area contributed by atoms with Gasteiger partial charge in [-0.05, 0) is 43.4 Å². The molecule has 0 heterocycles. The molecule has 0 unspecified atom stereocenters. The summed E-state index contributed by atoms with van der Waals surface area (Å²) in [6, 6.07) is 19.6. The molecule has 2 aromatic carbocycles. The van der Waals surface area contributed by atoms with Crippen LogP contribution in [-0.4, -0.2) is 31.5 Å². The Labute approximate surface area is 173 Å². The van der Waals surface area contributed by atoms with Gasteiger partial charge in [0.1, 0.15) is 12.4 Å². The fourth-order valence-corrected chi connectivity index (χ4v) is 3.52. The second-order valence-electron chi connectivity index (χ2n) is 7.37. The van der Waals surface area contributed by atoms with E-state index in [0.29, 0.717) is 13.2 Å². The van der Waals surface area contributed by atoms with Crippen LogP contribution >= 0.6 is 0 Å². The number of carbonyl (C=O) groups excluding carboxylic acids is 1. The number of hydrogen-bond acceptors (Lipinski definition) is 4. The maximum Gasteiger partial charge on any atom is 0.407 e. The summed E-state index contributed by atoms with van der Waals surface area (Å²) in [6.45, 7) is 1.65. The number of benzene rings is 2. The smallest absolute Gasteiger partial charge is 0.407 e. The van der Waals surface area contributed by atoms with E-state index in [9.17, 15) is 4.79 Å². The molecule has 3 rings (SSSR count). The third-order valence-corrected chi connectivity index (χ3v) is 5.10. The molecule has 156 valence electrons. The first kappa shape index (κ1) is 21.2. The number of hydrogen-bond donors (Lipinski definition) is 1. The van der Waals surface area contributed by atoms with Crippen LogP contribution in [0.3, 0.4) is 0 Å². The normalized spacial score (nSPS) is 18.8. The molecule has 1 saturated carbocycles. The van der Waals surface area contributed by atoms with E-state index in [0.717, 1.165) is 49.8 Å². The van der Waals surface area contributed by atoms with E-state index in [-0.39, 0.29) is 24.8 Å². The minimum Gasteiger partial charge on any atom is -0.494 e. The molecule has 0 spiro atoms. The number of nitrogens with one attached hydrogen (secondary N) is 1. The fourth-order valence-electron chi connectivity index (χ4n) is 3.52. The molecule has 5 heteroatoms. The Morgan fingerprint density at radius 2 is 1.59 bits per heavy atom. The summed E-state index contributed by atoms with van der Waals surface area (Å²) in [5.41, 5.74) is 0.983. The molecule has 1 fully saturated rings. The minimum absolute atomic E-state index is 0.0209. The molecule has 0 aromatic heterocycles. The Bertz CT molecular complexity index is 707. The molecule has 1 aliphatic rings. The standard InChI is InChI=1S/C24H31NO4/c26-24(29-19-20-11-3-1-4-12-20)25-22-15-7-8-16-23(22)28-18-10-9-17-27-21-13-5-2-6-14-21/h1-6,11-14,22-23H,7-10,15-19H2,(H,25,26)/t22-,23-/m1/s1. The quantitative estimate of drug-likeness (QED) is 0.567. The summed E-state index contributed by atoms with van der Waals surface area (Å²) in [4.78, 5) is 12.2. The number of carbonyl (C=O) groups is 1. The van der Waals surface area contributed by atoms with Crippen LogP contribution in [0.15, 0.2) is 60.7 Å². The van der Waals surface area contributed by atoms with Crippen LogP contribution in [0.4, 0.5) is 4.79 Å². The van der Waals surface area contributed by atoms with Crippen molar-refractivity contribution in [1.82, 2.24) is 5.32 Å². The minimum atomic E-state index is -0.370. The third-order valence-electron chi connectivity index (χ3n) is 5.10. The number of amides is 1. The van der Waals surface area contributed by atoms with Gasteiger partial charge >= 0.3 is 6.09 Å². The predicted octanol–water partition coefficient (Wildman–Crippen LogP) is 5.10. The van der Waals surface area contributed by atoms with E-state index < -0.39 is 0 Å². The molecule has 2 atom stereocenters. The summed E-state index contributed by atoms with van der Waals surface area (Å²) in [5, 5.41) is 3.00. The molecular formula is C24H31NO4. The Hall–Kier alpha value is -2.53. The van der Waals surface area contributed by atoms with Crippen LogP contribution in [0.25, 0.3) is 0 Å². The zero-order chi connectivity index (χ0) is 20.2. The van der Waals surface area contributed by atoms with Crippen LogP contribution in [0.1, 0.15) is 44.1 Å². The van der Waals surface area contributed by atoms with Gasteiger partial charge in [0.15, 0.2) is 0 Å². The maximum atomic E-state index is 12.2. The summed E-state index contributed by atoms with van der Waals surface area (Å²) in [6.07, 6.45) is 5.72. The molecule has 0 bridgehead atoms. The summed E-state index contributed by atoms with van der Waals surface area (Å²) < 4.78 is 17.1. The SMILES string of the molecule is O=C(N[C@@H]1CCCC[C@H]1OCCCCOc1ccccc1)OCc1ccccc1. The van der Waals surface area contributed by atoms with E-state index >= 15 is 0 Å². The third kappa shape index (κ3) is 7.78.